The maximum atomic E-state index is 13.4. The molecule has 0 aliphatic rings. The van der Waals surface area contributed by atoms with Gasteiger partial charge in [0.15, 0.2) is 5.13 Å². The zero-order valence-electron chi connectivity index (χ0n) is 20.3. The summed E-state index contributed by atoms with van der Waals surface area (Å²) in [4.78, 5) is 31.0. The van der Waals surface area contributed by atoms with Gasteiger partial charge < -0.3 is 15.4 Å². The predicted molar refractivity (Wildman–Crippen MR) is 149 cm³/mol. The normalized spacial score (nSPS) is 11.7. The molecule has 1 aromatic heterocycles. The number of carbonyl (C=O) groups excluding carboxylic acids is 2. The van der Waals surface area contributed by atoms with Crippen LogP contribution in [0.2, 0.25) is 0 Å². The Morgan fingerprint density at radius 2 is 1.78 bits per heavy atom. The number of thioether (sulfide) groups is 1. The van der Waals surface area contributed by atoms with E-state index in [1.807, 2.05) is 79.7 Å². The molecule has 6 nitrogen and oxygen atoms in total. The molecule has 0 saturated heterocycles. The fraction of sp³-hybridized carbons (Fsp3) is 0.250. The summed E-state index contributed by atoms with van der Waals surface area (Å²) in [6, 6.07) is 23.0. The lowest BCUT2D eigenvalue weighted by molar-refractivity contribution is -0.116. The van der Waals surface area contributed by atoms with Crippen LogP contribution >= 0.6 is 23.1 Å². The van der Waals surface area contributed by atoms with Crippen molar-refractivity contribution < 1.29 is 14.3 Å². The first-order valence-electron chi connectivity index (χ1n) is 12.0. The average molecular weight is 520 g/mol. The van der Waals surface area contributed by atoms with Crippen LogP contribution in [0.3, 0.4) is 0 Å². The fourth-order valence-corrected chi connectivity index (χ4v) is 5.52. The molecule has 36 heavy (non-hydrogen) atoms. The quantitative estimate of drug-likeness (QED) is 0.203. The monoisotopic (exact) mass is 519 g/mol. The molecule has 186 valence electrons. The van der Waals surface area contributed by atoms with Crippen LogP contribution in [0.1, 0.15) is 43.9 Å². The summed E-state index contributed by atoms with van der Waals surface area (Å²) < 4.78 is 6.53. The largest absolute Gasteiger partial charge is 0.494 e. The van der Waals surface area contributed by atoms with Crippen LogP contribution in [0.15, 0.2) is 77.7 Å². The van der Waals surface area contributed by atoms with Crippen molar-refractivity contribution in [2.24, 2.45) is 0 Å². The number of fused-ring (bicyclic) bond motifs is 1. The Hall–Kier alpha value is -3.36. The minimum absolute atomic E-state index is 0.0167. The molecule has 2 N–H and O–H groups in total. The molecular weight excluding hydrogens is 490 g/mol. The summed E-state index contributed by atoms with van der Waals surface area (Å²) in [5.74, 6) is 0.657. The topological polar surface area (TPSA) is 80.3 Å². The number of unbranched alkanes of at least 4 members (excludes halogenated alkanes) is 1. The lowest BCUT2D eigenvalue weighted by Gasteiger charge is -2.16. The lowest BCUT2D eigenvalue weighted by atomic mass is 10.1. The third-order valence-corrected chi connectivity index (χ3v) is 7.59. The SMILES string of the molecule is CCCCC(=O)Nc1ccc(SC(C(=O)Nc2nc3ccc(OCC)cc3s2)c2ccccc2)cc1. The van der Waals surface area contributed by atoms with Gasteiger partial charge in [-0.3, -0.25) is 9.59 Å². The van der Waals surface area contributed by atoms with Gasteiger partial charge in [0, 0.05) is 17.0 Å². The lowest BCUT2D eigenvalue weighted by Crippen LogP contribution is -2.18. The van der Waals surface area contributed by atoms with Gasteiger partial charge in [-0.2, -0.15) is 0 Å². The molecule has 3 aromatic carbocycles. The smallest absolute Gasteiger partial charge is 0.244 e. The molecule has 0 radical (unpaired) electrons. The molecule has 0 aliphatic heterocycles. The molecule has 0 spiro atoms. The van der Waals surface area contributed by atoms with E-state index in [2.05, 4.69) is 22.5 Å². The van der Waals surface area contributed by atoms with Crippen molar-refractivity contribution in [3.05, 3.63) is 78.4 Å². The summed E-state index contributed by atoms with van der Waals surface area (Å²) in [6.45, 7) is 4.60. The standard InChI is InChI=1S/C28H29N3O3S2/c1-3-5-11-25(32)29-20-12-15-22(16-13-20)35-26(19-9-7-6-8-10-19)27(33)31-28-30-23-17-14-21(34-4-2)18-24(23)36-28/h6-10,12-18,26H,3-5,11H2,1-2H3,(H,29,32)(H,30,31,33). The van der Waals surface area contributed by atoms with E-state index in [9.17, 15) is 9.59 Å². The van der Waals surface area contributed by atoms with Crippen LogP contribution in [0.4, 0.5) is 10.8 Å². The first kappa shape index (κ1) is 25.7. The molecule has 1 atom stereocenters. The molecular formula is C28H29N3O3S2. The Balaban J connectivity index is 1.49. The molecule has 2 amide bonds. The fourth-order valence-electron chi connectivity index (χ4n) is 3.60. The van der Waals surface area contributed by atoms with Gasteiger partial charge in [0.1, 0.15) is 11.0 Å². The van der Waals surface area contributed by atoms with Crippen molar-refractivity contribution in [3.63, 3.8) is 0 Å². The number of ether oxygens (including phenoxy) is 1. The number of nitrogens with one attached hydrogen (secondary N) is 2. The van der Waals surface area contributed by atoms with Crippen molar-refractivity contribution in [2.75, 3.05) is 17.2 Å². The number of anilines is 2. The number of hydrogen-bond acceptors (Lipinski definition) is 6. The van der Waals surface area contributed by atoms with Gasteiger partial charge in [0.2, 0.25) is 11.8 Å². The Morgan fingerprint density at radius 3 is 2.50 bits per heavy atom. The van der Waals surface area contributed by atoms with Crippen molar-refractivity contribution in [2.45, 2.75) is 43.3 Å². The minimum Gasteiger partial charge on any atom is -0.494 e. The van der Waals surface area contributed by atoms with Crippen molar-refractivity contribution in [1.82, 2.24) is 4.98 Å². The summed E-state index contributed by atoms with van der Waals surface area (Å²) in [5.41, 5.74) is 2.47. The molecule has 4 rings (SSSR count). The molecule has 0 aliphatic carbocycles. The summed E-state index contributed by atoms with van der Waals surface area (Å²) in [5, 5.41) is 6.02. The number of thiazole rings is 1. The minimum atomic E-state index is -0.470. The Kier molecular flexibility index (Phi) is 8.97. The van der Waals surface area contributed by atoms with Crippen molar-refractivity contribution >= 4 is 55.9 Å². The number of nitrogens with zero attached hydrogens (tertiary/aromatic N) is 1. The first-order chi connectivity index (χ1) is 17.6. The number of benzene rings is 3. The zero-order valence-corrected chi connectivity index (χ0v) is 22.0. The van der Waals surface area contributed by atoms with E-state index in [1.165, 1.54) is 23.1 Å². The highest BCUT2D eigenvalue weighted by atomic mass is 32.2. The molecule has 0 bridgehead atoms. The number of aromatic nitrogens is 1. The van der Waals surface area contributed by atoms with Gasteiger partial charge in [-0.05, 0) is 61.4 Å². The van der Waals surface area contributed by atoms with E-state index in [0.717, 1.165) is 45.0 Å². The predicted octanol–water partition coefficient (Wildman–Crippen LogP) is 7.30. The number of rotatable bonds is 11. The third kappa shape index (κ3) is 6.86. The van der Waals surface area contributed by atoms with Gasteiger partial charge >= 0.3 is 0 Å². The summed E-state index contributed by atoms with van der Waals surface area (Å²) >= 11 is 2.88. The van der Waals surface area contributed by atoms with Crippen LogP contribution in [-0.2, 0) is 9.59 Å². The number of carbonyl (C=O) groups is 2. The van der Waals surface area contributed by atoms with Gasteiger partial charge in [0.05, 0.1) is 16.8 Å². The average Bonchev–Trinajstić information content (AvgIpc) is 3.29. The third-order valence-electron chi connectivity index (χ3n) is 5.39. The van der Waals surface area contributed by atoms with Crippen molar-refractivity contribution in [1.29, 1.82) is 0 Å². The molecule has 0 fully saturated rings. The van der Waals surface area contributed by atoms with E-state index in [0.29, 0.717) is 18.2 Å². The second kappa shape index (κ2) is 12.6. The maximum absolute atomic E-state index is 13.4. The van der Waals surface area contributed by atoms with E-state index in [4.69, 9.17) is 4.74 Å². The Morgan fingerprint density at radius 1 is 1.00 bits per heavy atom. The molecule has 0 saturated carbocycles. The van der Waals surface area contributed by atoms with Gasteiger partial charge in [-0.15, -0.1) is 11.8 Å². The highest BCUT2D eigenvalue weighted by Crippen LogP contribution is 2.37. The highest BCUT2D eigenvalue weighted by molar-refractivity contribution is 8.00. The summed E-state index contributed by atoms with van der Waals surface area (Å²) in [7, 11) is 0. The number of hydrogen-bond donors (Lipinski definition) is 2. The molecule has 1 unspecified atom stereocenters. The zero-order chi connectivity index (χ0) is 25.3. The second-order valence-electron chi connectivity index (χ2n) is 8.16. The van der Waals surface area contributed by atoms with E-state index < -0.39 is 5.25 Å². The first-order valence-corrected chi connectivity index (χ1v) is 13.7. The molecule has 4 aromatic rings. The van der Waals surface area contributed by atoms with Gasteiger partial charge in [-0.25, -0.2) is 4.98 Å². The Bertz CT molecular complexity index is 1310. The molecule has 8 heteroatoms. The van der Waals surface area contributed by atoms with Crippen molar-refractivity contribution in [3.8, 4) is 5.75 Å². The van der Waals surface area contributed by atoms with Crippen LogP contribution < -0.4 is 15.4 Å². The summed E-state index contributed by atoms with van der Waals surface area (Å²) in [6.07, 6.45) is 2.37. The van der Waals surface area contributed by atoms with Gasteiger partial charge in [0.25, 0.3) is 0 Å². The highest BCUT2D eigenvalue weighted by Gasteiger charge is 2.23. The van der Waals surface area contributed by atoms with Gasteiger partial charge in [-0.1, -0.05) is 55.0 Å². The molecule has 1 heterocycles. The second-order valence-corrected chi connectivity index (χ2v) is 10.4. The maximum Gasteiger partial charge on any atom is 0.244 e. The van der Waals surface area contributed by atoms with E-state index in [1.54, 1.807) is 0 Å². The number of amides is 2. The van der Waals surface area contributed by atoms with Crippen LogP contribution in [0.5, 0.6) is 5.75 Å². The van der Waals surface area contributed by atoms with Crippen LogP contribution in [-0.4, -0.2) is 23.4 Å². The van der Waals surface area contributed by atoms with Crippen LogP contribution in [0, 0.1) is 0 Å². The van der Waals surface area contributed by atoms with E-state index >= 15 is 0 Å². The Labute approximate surface area is 219 Å². The van der Waals surface area contributed by atoms with E-state index in [-0.39, 0.29) is 11.8 Å². The van der Waals surface area contributed by atoms with Crippen LogP contribution in [0.25, 0.3) is 10.2 Å².